The molecule has 3 nitrogen and oxygen atoms in total. The van der Waals surface area contributed by atoms with Crippen LogP contribution in [-0.2, 0) is 0 Å². The molecule has 0 amide bonds. The number of rotatable bonds is 1. The zero-order chi connectivity index (χ0) is 10.4. The van der Waals surface area contributed by atoms with Gasteiger partial charge >= 0.3 is 0 Å². The molecule has 1 aliphatic carbocycles. The van der Waals surface area contributed by atoms with E-state index in [1.165, 1.54) is 25.7 Å². The fraction of sp³-hybridized carbons (Fsp3) is 0.727. The van der Waals surface area contributed by atoms with Crippen molar-refractivity contribution in [3.8, 4) is 0 Å². The minimum absolute atomic E-state index is 0.356. The third-order valence-electron chi connectivity index (χ3n) is 2.75. The molecule has 0 saturated heterocycles. The predicted molar refractivity (Wildman–Crippen MR) is 61.6 cm³/mol. The second kappa shape index (κ2) is 5.68. The van der Waals surface area contributed by atoms with Crippen molar-refractivity contribution in [2.45, 2.75) is 45.4 Å². The highest BCUT2D eigenvalue weighted by Gasteiger charge is 2.16. The van der Waals surface area contributed by atoms with Crippen LogP contribution >= 0.6 is 0 Å². The lowest BCUT2D eigenvalue weighted by Gasteiger charge is -2.11. The minimum atomic E-state index is 0.356. The Labute approximate surface area is 85.9 Å². The second-order valence-corrected chi connectivity index (χ2v) is 3.89. The Hall–Kier alpha value is -0.990. The summed E-state index contributed by atoms with van der Waals surface area (Å²) in [7, 11) is 0. The Morgan fingerprint density at radius 1 is 1.21 bits per heavy atom. The van der Waals surface area contributed by atoms with Crippen molar-refractivity contribution in [3.05, 3.63) is 0 Å². The molecule has 0 spiro atoms. The lowest BCUT2D eigenvalue weighted by molar-refractivity contribution is 0.584. The molecule has 0 aliphatic heterocycles. The zero-order valence-electron chi connectivity index (χ0n) is 8.92. The monoisotopic (exact) mass is 193 g/mol. The Morgan fingerprint density at radius 2 is 1.79 bits per heavy atom. The number of aliphatic imine (C=N–C) groups is 2. The van der Waals surface area contributed by atoms with Crippen molar-refractivity contribution < 1.29 is 0 Å². The average molecular weight is 193 g/mol. The fourth-order valence-electron chi connectivity index (χ4n) is 1.85. The molecule has 1 saturated carbocycles. The van der Waals surface area contributed by atoms with Gasteiger partial charge in [-0.1, -0.05) is 25.7 Å². The van der Waals surface area contributed by atoms with Crippen molar-refractivity contribution in [2.75, 3.05) is 0 Å². The molecule has 0 aromatic heterocycles. The van der Waals surface area contributed by atoms with Gasteiger partial charge in [-0.25, -0.2) is 9.98 Å². The molecule has 0 unspecified atom stereocenters. The van der Waals surface area contributed by atoms with Crippen molar-refractivity contribution in [1.82, 2.24) is 0 Å². The van der Waals surface area contributed by atoms with E-state index in [0.717, 1.165) is 12.8 Å². The summed E-state index contributed by atoms with van der Waals surface area (Å²) in [6, 6.07) is 0. The molecule has 14 heavy (non-hydrogen) atoms. The Morgan fingerprint density at radius 3 is 2.29 bits per heavy atom. The lowest BCUT2D eigenvalue weighted by atomic mass is 9.99. The molecule has 0 atom stereocenters. The van der Waals surface area contributed by atoms with Gasteiger partial charge < -0.3 is 0 Å². The first-order valence-electron chi connectivity index (χ1n) is 5.34. The first kappa shape index (κ1) is 11.1. The molecule has 0 aromatic carbocycles. The molecule has 1 aliphatic rings. The topological polar surface area (TPSA) is 48.6 Å². The van der Waals surface area contributed by atoms with Crippen molar-refractivity contribution in [2.24, 2.45) is 15.9 Å². The molecule has 78 valence electrons. The van der Waals surface area contributed by atoms with Gasteiger partial charge in [-0.15, -0.1) is 0 Å². The van der Waals surface area contributed by atoms with Gasteiger partial charge in [0.25, 0.3) is 0 Å². The Balaban J connectivity index is 2.54. The molecular formula is C11H19N3. The highest BCUT2D eigenvalue weighted by atomic mass is 14.9. The van der Waals surface area contributed by atoms with Crippen LogP contribution < -0.4 is 0 Å². The summed E-state index contributed by atoms with van der Waals surface area (Å²) in [5.41, 5.74) is 0. The van der Waals surface area contributed by atoms with E-state index in [1.807, 2.05) is 0 Å². The standard InChI is InChI=1S/C11H19N3/c1-9(13-2)14-11(12)10-7-5-3-4-6-8-10/h10,12H,2-8H2,1H3. The van der Waals surface area contributed by atoms with Gasteiger partial charge in [0.05, 0.1) is 0 Å². The van der Waals surface area contributed by atoms with Crippen LogP contribution in [0.5, 0.6) is 0 Å². The summed E-state index contributed by atoms with van der Waals surface area (Å²) >= 11 is 0. The maximum absolute atomic E-state index is 7.84. The average Bonchev–Trinajstić information content (AvgIpc) is 2.45. The van der Waals surface area contributed by atoms with E-state index in [-0.39, 0.29) is 0 Å². The molecule has 3 heteroatoms. The van der Waals surface area contributed by atoms with E-state index in [2.05, 4.69) is 16.7 Å². The first-order valence-corrected chi connectivity index (χ1v) is 5.34. The van der Waals surface area contributed by atoms with Crippen LogP contribution in [0.4, 0.5) is 0 Å². The predicted octanol–water partition coefficient (Wildman–Crippen LogP) is 3.05. The Bertz CT molecular complexity index is 235. The van der Waals surface area contributed by atoms with E-state index in [0.29, 0.717) is 17.6 Å². The van der Waals surface area contributed by atoms with E-state index in [9.17, 15) is 0 Å². The van der Waals surface area contributed by atoms with E-state index < -0.39 is 0 Å². The van der Waals surface area contributed by atoms with E-state index in [4.69, 9.17) is 5.41 Å². The molecule has 0 heterocycles. The first-order chi connectivity index (χ1) is 6.74. The van der Waals surface area contributed by atoms with Crippen LogP contribution in [0, 0.1) is 11.3 Å². The van der Waals surface area contributed by atoms with E-state index in [1.54, 1.807) is 6.92 Å². The molecular weight excluding hydrogens is 174 g/mol. The number of amidine groups is 2. The van der Waals surface area contributed by atoms with Gasteiger partial charge in [0, 0.05) is 5.92 Å². The maximum atomic E-state index is 7.84. The highest BCUT2D eigenvalue weighted by Crippen LogP contribution is 2.23. The quantitative estimate of drug-likeness (QED) is 0.378. The Kier molecular flexibility index (Phi) is 4.50. The van der Waals surface area contributed by atoms with Crippen LogP contribution in [0.1, 0.15) is 45.4 Å². The largest absolute Gasteiger partial charge is 0.286 e. The number of hydrogen-bond acceptors (Lipinski definition) is 1. The van der Waals surface area contributed by atoms with Gasteiger partial charge in [-0.2, -0.15) is 0 Å². The summed E-state index contributed by atoms with van der Waals surface area (Å²) in [5.74, 6) is 1.46. The maximum Gasteiger partial charge on any atom is 0.126 e. The van der Waals surface area contributed by atoms with E-state index >= 15 is 0 Å². The van der Waals surface area contributed by atoms with Crippen molar-refractivity contribution >= 4 is 18.4 Å². The van der Waals surface area contributed by atoms with Gasteiger partial charge in [0.15, 0.2) is 0 Å². The lowest BCUT2D eigenvalue weighted by Crippen LogP contribution is -2.11. The van der Waals surface area contributed by atoms with Crippen LogP contribution in [0.25, 0.3) is 0 Å². The van der Waals surface area contributed by atoms with Crippen LogP contribution in [0.15, 0.2) is 9.98 Å². The molecule has 0 aromatic rings. The third kappa shape index (κ3) is 3.40. The van der Waals surface area contributed by atoms with Crippen molar-refractivity contribution in [1.29, 1.82) is 5.41 Å². The number of nitrogens with zero attached hydrogens (tertiary/aromatic N) is 2. The molecule has 1 rings (SSSR count). The summed E-state index contributed by atoms with van der Waals surface area (Å²) < 4.78 is 0. The number of nitrogens with one attached hydrogen (secondary N) is 1. The smallest absolute Gasteiger partial charge is 0.126 e. The molecule has 0 bridgehead atoms. The summed E-state index contributed by atoms with van der Waals surface area (Å²) in [5, 5.41) is 7.84. The van der Waals surface area contributed by atoms with Crippen LogP contribution in [0.2, 0.25) is 0 Å². The summed E-state index contributed by atoms with van der Waals surface area (Å²) in [4.78, 5) is 7.84. The van der Waals surface area contributed by atoms with Crippen molar-refractivity contribution in [3.63, 3.8) is 0 Å². The van der Waals surface area contributed by atoms with Gasteiger partial charge in [0.2, 0.25) is 0 Å². The van der Waals surface area contributed by atoms with Gasteiger partial charge in [-0.3, -0.25) is 5.41 Å². The molecule has 1 N–H and O–H groups in total. The SMILES string of the molecule is C=NC(C)=NC(=N)C1CCCCCC1. The normalized spacial score (nSPS) is 20.2. The third-order valence-corrected chi connectivity index (χ3v) is 2.75. The van der Waals surface area contributed by atoms with Crippen LogP contribution in [0.3, 0.4) is 0 Å². The molecule has 1 fully saturated rings. The fourth-order valence-corrected chi connectivity index (χ4v) is 1.85. The molecule has 0 radical (unpaired) electrons. The summed E-state index contributed by atoms with van der Waals surface area (Å²) in [6.07, 6.45) is 7.34. The van der Waals surface area contributed by atoms with Gasteiger partial charge in [0.1, 0.15) is 11.7 Å². The second-order valence-electron chi connectivity index (χ2n) is 3.89. The number of hydrogen-bond donors (Lipinski definition) is 1. The zero-order valence-corrected chi connectivity index (χ0v) is 8.92. The highest BCUT2D eigenvalue weighted by molar-refractivity contribution is 5.97. The minimum Gasteiger partial charge on any atom is -0.286 e. The summed E-state index contributed by atoms with van der Waals surface area (Å²) in [6.45, 7) is 5.19. The van der Waals surface area contributed by atoms with Crippen LogP contribution in [-0.4, -0.2) is 18.4 Å². The van der Waals surface area contributed by atoms with Gasteiger partial charge in [-0.05, 0) is 26.5 Å².